The Morgan fingerprint density at radius 1 is 1.31 bits per heavy atom. The lowest BCUT2D eigenvalue weighted by Gasteiger charge is -2.15. The molecule has 0 radical (unpaired) electrons. The van der Waals surface area contributed by atoms with Crippen molar-refractivity contribution < 1.29 is 18.0 Å². The highest BCUT2D eigenvalue weighted by atomic mass is 19.2. The summed E-state index contributed by atoms with van der Waals surface area (Å²) in [5, 5.41) is 2.58. The number of nitrogens with one attached hydrogen (secondary N) is 1. The molecule has 6 heteroatoms. The van der Waals surface area contributed by atoms with Crippen molar-refractivity contribution >= 4 is 5.91 Å². The van der Waals surface area contributed by atoms with E-state index in [1.165, 1.54) is 0 Å². The fourth-order valence-corrected chi connectivity index (χ4v) is 1.33. The van der Waals surface area contributed by atoms with E-state index in [4.69, 9.17) is 5.73 Å². The van der Waals surface area contributed by atoms with Crippen LogP contribution in [0.15, 0.2) is 12.1 Å². The highest BCUT2D eigenvalue weighted by Gasteiger charge is 2.22. The van der Waals surface area contributed by atoms with Crippen LogP contribution in [0.4, 0.5) is 13.2 Å². The van der Waals surface area contributed by atoms with Crippen molar-refractivity contribution in [3.8, 4) is 0 Å². The first-order valence-electron chi connectivity index (χ1n) is 4.64. The molecule has 0 aliphatic carbocycles. The summed E-state index contributed by atoms with van der Waals surface area (Å²) in [6.45, 7) is 2.01. The average Bonchev–Trinajstić information content (AvgIpc) is 2.20. The van der Waals surface area contributed by atoms with Gasteiger partial charge in [-0.05, 0) is 12.6 Å². The lowest BCUT2D eigenvalue weighted by Crippen LogP contribution is -2.34. The number of carbonyl (C=O) groups is 1. The topological polar surface area (TPSA) is 55.1 Å². The van der Waals surface area contributed by atoms with Crippen molar-refractivity contribution in [3.63, 3.8) is 0 Å². The number of benzene rings is 1. The van der Waals surface area contributed by atoms with Crippen LogP contribution < -0.4 is 11.1 Å². The monoisotopic (exact) mass is 232 g/mol. The summed E-state index contributed by atoms with van der Waals surface area (Å²) < 4.78 is 38.9. The number of rotatable bonds is 4. The molecule has 0 bridgehead atoms. The van der Waals surface area contributed by atoms with Crippen LogP contribution in [-0.4, -0.2) is 12.5 Å². The molecule has 1 unspecified atom stereocenters. The maximum absolute atomic E-state index is 13.3. The van der Waals surface area contributed by atoms with Crippen LogP contribution in [0.5, 0.6) is 0 Å². The zero-order chi connectivity index (χ0) is 12.3. The van der Waals surface area contributed by atoms with Gasteiger partial charge in [0.2, 0.25) is 5.91 Å². The number of nitrogens with two attached hydrogens (primary N) is 1. The zero-order valence-electron chi connectivity index (χ0n) is 8.56. The molecule has 0 saturated carbocycles. The molecule has 1 aromatic carbocycles. The maximum atomic E-state index is 13.3. The number of amides is 1. The molecule has 0 saturated heterocycles. The molecule has 1 atom stereocenters. The predicted octanol–water partition coefficient (Wildman–Crippen LogP) is 1.24. The molecule has 0 aliphatic rings. The first-order valence-corrected chi connectivity index (χ1v) is 4.64. The minimum Gasteiger partial charge on any atom is -0.368 e. The molecule has 0 heterocycles. The van der Waals surface area contributed by atoms with Gasteiger partial charge in [-0.1, -0.05) is 6.92 Å². The van der Waals surface area contributed by atoms with E-state index in [-0.39, 0.29) is 5.56 Å². The second kappa shape index (κ2) is 4.98. The van der Waals surface area contributed by atoms with Gasteiger partial charge in [-0.15, -0.1) is 0 Å². The van der Waals surface area contributed by atoms with Crippen molar-refractivity contribution in [3.05, 3.63) is 35.1 Å². The molecular weight excluding hydrogens is 221 g/mol. The molecule has 1 amide bonds. The van der Waals surface area contributed by atoms with Crippen LogP contribution in [-0.2, 0) is 4.79 Å². The Labute approximate surface area is 90.4 Å². The SMILES string of the molecule is CCNC(C(N)=O)c1cc(F)c(F)cc1F. The van der Waals surface area contributed by atoms with Crippen LogP contribution in [0, 0.1) is 17.5 Å². The summed E-state index contributed by atoms with van der Waals surface area (Å²) in [5.74, 6) is -4.39. The molecule has 0 aliphatic heterocycles. The fraction of sp³-hybridized carbons (Fsp3) is 0.300. The van der Waals surface area contributed by atoms with Gasteiger partial charge in [-0.2, -0.15) is 0 Å². The van der Waals surface area contributed by atoms with Gasteiger partial charge in [0.05, 0.1) is 0 Å². The van der Waals surface area contributed by atoms with Crippen LogP contribution in [0.3, 0.4) is 0 Å². The molecule has 1 rings (SSSR count). The Balaban J connectivity index is 3.18. The average molecular weight is 232 g/mol. The van der Waals surface area contributed by atoms with Crippen molar-refractivity contribution in [2.24, 2.45) is 5.73 Å². The summed E-state index contributed by atoms with van der Waals surface area (Å²) in [7, 11) is 0. The van der Waals surface area contributed by atoms with E-state index >= 15 is 0 Å². The predicted molar refractivity (Wildman–Crippen MR) is 51.9 cm³/mol. The Morgan fingerprint density at radius 3 is 2.38 bits per heavy atom. The van der Waals surface area contributed by atoms with E-state index in [9.17, 15) is 18.0 Å². The maximum Gasteiger partial charge on any atom is 0.239 e. The number of hydrogen-bond donors (Lipinski definition) is 2. The highest BCUT2D eigenvalue weighted by Crippen LogP contribution is 2.20. The van der Waals surface area contributed by atoms with Gasteiger partial charge in [-0.3, -0.25) is 4.79 Å². The van der Waals surface area contributed by atoms with E-state index < -0.39 is 29.4 Å². The minimum atomic E-state index is -1.30. The molecule has 0 fully saturated rings. The third-order valence-electron chi connectivity index (χ3n) is 2.04. The summed E-state index contributed by atoms with van der Waals surface area (Å²) >= 11 is 0. The summed E-state index contributed by atoms with van der Waals surface area (Å²) in [6.07, 6.45) is 0. The molecule has 0 spiro atoms. The van der Waals surface area contributed by atoms with Crippen molar-refractivity contribution in [2.75, 3.05) is 6.54 Å². The zero-order valence-corrected chi connectivity index (χ0v) is 8.56. The Kier molecular flexibility index (Phi) is 3.89. The van der Waals surface area contributed by atoms with Gasteiger partial charge in [0, 0.05) is 11.6 Å². The van der Waals surface area contributed by atoms with Gasteiger partial charge in [0.15, 0.2) is 11.6 Å². The first-order chi connectivity index (χ1) is 7.47. The third-order valence-corrected chi connectivity index (χ3v) is 2.04. The van der Waals surface area contributed by atoms with Gasteiger partial charge < -0.3 is 11.1 Å². The fourth-order valence-electron chi connectivity index (χ4n) is 1.33. The Hall–Kier alpha value is -1.56. The summed E-state index contributed by atoms with van der Waals surface area (Å²) in [6, 6.07) is -0.152. The van der Waals surface area contributed by atoms with Crippen LogP contribution in [0.1, 0.15) is 18.5 Å². The van der Waals surface area contributed by atoms with Crippen LogP contribution in [0.25, 0.3) is 0 Å². The van der Waals surface area contributed by atoms with E-state index in [0.29, 0.717) is 18.7 Å². The van der Waals surface area contributed by atoms with E-state index in [1.807, 2.05) is 0 Å². The van der Waals surface area contributed by atoms with Crippen molar-refractivity contribution in [2.45, 2.75) is 13.0 Å². The molecule has 3 nitrogen and oxygen atoms in total. The van der Waals surface area contributed by atoms with Crippen molar-refractivity contribution in [1.82, 2.24) is 5.32 Å². The number of primary amides is 1. The minimum absolute atomic E-state index is 0.298. The van der Waals surface area contributed by atoms with Gasteiger partial charge in [-0.25, -0.2) is 13.2 Å². The van der Waals surface area contributed by atoms with Gasteiger partial charge >= 0.3 is 0 Å². The number of carbonyl (C=O) groups excluding carboxylic acids is 1. The third kappa shape index (κ3) is 2.52. The van der Waals surface area contributed by atoms with E-state index in [1.54, 1.807) is 6.92 Å². The number of halogens is 3. The summed E-state index contributed by atoms with van der Waals surface area (Å²) in [4.78, 5) is 11.0. The second-order valence-corrected chi connectivity index (χ2v) is 3.18. The lowest BCUT2D eigenvalue weighted by atomic mass is 10.1. The van der Waals surface area contributed by atoms with E-state index in [0.717, 1.165) is 0 Å². The molecular formula is C10H11F3N2O. The molecule has 0 aromatic heterocycles. The Morgan fingerprint density at radius 2 is 1.88 bits per heavy atom. The molecule has 88 valence electrons. The molecule has 1 aromatic rings. The van der Waals surface area contributed by atoms with Crippen LogP contribution >= 0.6 is 0 Å². The molecule has 16 heavy (non-hydrogen) atoms. The second-order valence-electron chi connectivity index (χ2n) is 3.18. The van der Waals surface area contributed by atoms with Crippen LogP contribution in [0.2, 0.25) is 0 Å². The quantitative estimate of drug-likeness (QED) is 0.767. The van der Waals surface area contributed by atoms with Crippen molar-refractivity contribution in [1.29, 1.82) is 0 Å². The lowest BCUT2D eigenvalue weighted by molar-refractivity contribution is -0.120. The van der Waals surface area contributed by atoms with Gasteiger partial charge in [0.25, 0.3) is 0 Å². The summed E-state index contributed by atoms with van der Waals surface area (Å²) in [5.41, 5.74) is 4.73. The van der Waals surface area contributed by atoms with E-state index in [2.05, 4.69) is 5.32 Å². The number of hydrogen-bond acceptors (Lipinski definition) is 2. The first kappa shape index (κ1) is 12.5. The normalized spacial score (nSPS) is 12.5. The standard InChI is InChI=1S/C10H11F3N2O/c1-2-15-9(10(14)16)5-3-7(12)8(13)4-6(5)11/h3-4,9,15H,2H2,1H3,(H2,14,16). The largest absolute Gasteiger partial charge is 0.368 e. The molecule has 3 N–H and O–H groups in total. The van der Waals surface area contributed by atoms with Gasteiger partial charge in [0.1, 0.15) is 11.9 Å². The Bertz CT molecular complexity index is 409. The smallest absolute Gasteiger partial charge is 0.239 e. The highest BCUT2D eigenvalue weighted by molar-refractivity contribution is 5.81. The number of likely N-dealkylation sites (N-methyl/N-ethyl adjacent to an activating group) is 1.